The van der Waals surface area contributed by atoms with Gasteiger partial charge < -0.3 is 0 Å². The molecule has 1 unspecified atom stereocenters. The second kappa shape index (κ2) is 2.97. The number of hydrogen-bond acceptors (Lipinski definition) is 1. The van der Waals surface area contributed by atoms with E-state index in [0.29, 0.717) is 18.6 Å². The van der Waals surface area contributed by atoms with E-state index in [2.05, 4.69) is 31.9 Å². The van der Waals surface area contributed by atoms with E-state index >= 15 is 0 Å². The van der Waals surface area contributed by atoms with Crippen LogP contribution < -0.4 is 0 Å². The quantitative estimate of drug-likeness (QED) is 0.606. The Balaban J connectivity index is 2.69. The van der Waals surface area contributed by atoms with Crippen LogP contribution in [0.4, 0.5) is 0 Å². The van der Waals surface area contributed by atoms with Gasteiger partial charge in [-0.05, 0) is 10.6 Å². The van der Waals surface area contributed by atoms with Crippen molar-refractivity contribution < 1.29 is 4.79 Å². The molecule has 1 aliphatic carbocycles. The predicted molar refractivity (Wildman–Crippen MR) is 44.0 cm³/mol. The fourth-order valence-electron chi connectivity index (χ4n) is 0.848. The summed E-state index contributed by atoms with van der Waals surface area (Å²) in [5.74, 6) is 0.322. The van der Waals surface area contributed by atoms with Gasteiger partial charge >= 0.3 is 0 Å². The first-order valence-electron chi connectivity index (χ1n) is 2.69. The highest BCUT2D eigenvalue weighted by molar-refractivity contribution is 9.11. The fourth-order valence-corrected chi connectivity index (χ4v) is 2.34. The molecule has 0 aromatic heterocycles. The Hall–Kier alpha value is 0.370. The molecule has 1 rings (SSSR count). The molecule has 1 aliphatic rings. The average Bonchev–Trinajstić information content (AvgIpc) is 2.10. The van der Waals surface area contributed by atoms with Crippen molar-refractivity contribution in [2.24, 2.45) is 0 Å². The minimum Gasteiger partial charge on any atom is -0.299 e. The topological polar surface area (TPSA) is 17.1 Å². The minimum atomic E-state index is 0.282. The summed E-state index contributed by atoms with van der Waals surface area (Å²) in [5, 5.41) is 0. The van der Waals surface area contributed by atoms with Gasteiger partial charge in [0.2, 0.25) is 0 Å². The summed E-state index contributed by atoms with van der Waals surface area (Å²) < 4.78 is 0. The number of ketones is 1. The molecule has 0 N–H and O–H groups in total. The third kappa shape index (κ3) is 1.64. The van der Waals surface area contributed by atoms with Gasteiger partial charge in [0.25, 0.3) is 0 Å². The van der Waals surface area contributed by atoms with Crippen LogP contribution in [-0.2, 0) is 4.79 Å². The van der Waals surface area contributed by atoms with Crippen molar-refractivity contribution in [3.05, 3.63) is 10.6 Å². The van der Waals surface area contributed by atoms with Crippen LogP contribution in [0.25, 0.3) is 0 Å². The molecule has 0 heterocycles. The fraction of sp³-hybridized carbons (Fsp3) is 0.500. The molecular weight excluding hydrogens is 248 g/mol. The van der Waals surface area contributed by atoms with Crippen molar-refractivity contribution in [1.29, 1.82) is 0 Å². The van der Waals surface area contributed by atoms with Crippen LogP contribution >= 0.6 is 31.9 Å². The van der Waals surface area contributed by atoms with Gasteiger partial charge in [-0.2, -0.15) is 0 Å². The number of alkyl halides is 1. The van der Waals surface area contributed by atoms with Gasteiger partial charge in [0, 0.05) is 17.7 Å². The van der Waals surface area contributed by atoms with E-state index in [0.717, 1.165) is 5.57 Å². The van der Waals surface area contributed by atoms with E-state index in [1.807, 2.05) is 4.99 Å². The van der Waals surface area contributed by atoms with Gasteiger partial charge in [-0.15, -0.1) is 0 Å². The average molecular weight is 254 g/mol. The highest BCUT2D eigenvalue weighted by Gasteiger charge is 2.23. The van der Waals surface area contributed by atoms with Gasteiger partial charge in [-0.1, -0.05) is 31.9 Å². The third-order valence-electron chi connectivity index (χ3n) is 1.35. The summed E-state index contributed by atoms with van der Waals surface area (Å²) in [6.07, 6.45) is 1.26. The number of carbonyl (C=O) groups is 1. The van der Waals surface area contributed by atoms with Gasteiger partial charge in [0.05, 0.1) is 0 Å². The zero-order chi connectivity index (χ0) is 6.85. The van der Waals surface area contributed by atoms with E-state index in [-0.39, 0.29) is 4.83 Å². The lowest BCUT2D eigenvalue weighted by molar-refractivity contribution is -0.117. The summed E-state index contributed by atoms with van der Waals surface area (Å²) in [7, 11) is 0. The number of Topliss-reactive ketones (excluding diaryl/α,β-unsaturated/α-hetero) is 1. The molecule has 0 aliphatic heterocycles. The molecule has 0 saturated heterocycles. The lowest BCUT2D eigenvalue weighted by atomic mass is 10.3. The van der Waals surface area contributed by atoms with Crippen molar-refractivity contribution in [3.63, 3.8) is 0 Å². The summed E-state index contributed by atoms with van der Waals surface area (Å²) in [6, 6.07) is 0. The monoisotopic (exact) mass is 252 g/mol. The Bertz CT molecular complexity index is 162. The first-order chi connectivity index (χ1) is 4.24. The molecule has 0 aromatic rings. The standard InChI is InChI=1S/C6H6Br2O/c7-3-4-1-5(9)2-6(4)8/h3,6H,1-2H2/b4-3+. The number of halogens is 2. The van der Waals surface area contributed by atoms with Crippen molar-refractivity contribution in [2.75, 3.05) is 0 Å². The van der Waals surface area contributed by atoms with Gasteiger partial charge in [-0.3, -0.25) is 4.79 Å². The Morgan fingerprint density at radius 1 is 1.67 bits per heavy atom. The SMILES string of the molecule is O=C1C/C(=C\Br)C(Br)C1. The molecule has 50 valence electrons. The van der Waals surface area contributed by atoms with Crippen LogP contribution in [0.15, 0.2) is 10.6 Å². The number of hydrogen-bond donors (Lipinski definition) is 0. The molecule has 1 atom stereocenters. The molecule has 0 amide bonds. The van der Waals surface area contributed by atoms with E-state index in [1.54, 1.807) is 0 Å². The van der Waals surface area contributed by atoms with Crippen molar-refractivity contribution in [1.82, 2.24) is 0 Å². The van der Waals surface area contributed by atoms with Crippen molar-refractivity contribution in [3.8, 4) is 0 Å². The van der Waals surface area contributed by atoms with Crippen LogP contribution in [0, 0.1) is 0 Å². The van der Waals surface area contributed by atoms with Crippen LogP contribution in [0.1, 0.15) is 12.8 Å². The maximum Gasteiger partial charge on any atom is 0.138 e. The normalized spacial score (nSPS) is 32.0. The van der Waals surface area contributed by atoms with E-state index < -0.39 is 0 Å². The highest BCUT2D eigenvalue weighted by Crippen LogP contribution is 2.28. The lowest BCUT2D eigenvalue weighted by Gasteiger charge is -1.95. The molecule has 9 heavy (non-hydrogen) atoms. The first kappa shape index (κ1) is 7.48. The summed E-state index contributed by atoms with van der Waals surface area (Å²) in [6.45, 7) is 0. The predicted octanol–water partition coefficient (Wildman–Crippen LogP) is 2.39. The minimum absolute atomic E-state index is 0.282. The molecule has 1 fully saturated rings. The smallest absolute Gasteiger partial charge is 0.138 e. The number of allylic oxidation sites excluding steroid dienone is 1. The van der Waals surface area contributed by atoms with Gasteiger partial charge in [-0.25, -0.2) is 0 Å². The molecule has 0 radical (unpaired) electrons. The third-order valence-corrected chi connectivity index (χ3v) is 2.85. The molecule has 0 aromatic carbocycles. The van der Waals surface area contributed by atoms with Gasteiger partial charge in [0.15, 0.2) is 0 Å². The Morgan fingerprint density at radius 2 is 2.33 bits per heavy atom. The molecule has 3 heteroatoms. The molecule has 1 saturated carbocycles. The number of carbonyl (C=O) groups excluding carboxylic acids is 1. The van der Waals surface area contributed by atoms with Crippen molar-refractivity contribution >= 4 is 37.6 Å². The van der Waals surface area contributed by atoms with E-state index in [1.165, 1.54) is 0 Å². The van der Waals surface area contributed by atoms with Gasteiger partial charge in [0.1, 0.15) is 5.78 Å². The molecule has 0 spiro atoms. The lowest BCUT2D eigenvalue weighted by Crippen LogP contribution is -1.90. The zero-order valence-electron chi connectivity index (χ0n) is 4.73. The largest absolute Gasteiger partial charge is 0.299 e. The molecule has 1 nitrogen and oxygen atoms in total. The van der Waals surface area contributed by atoms with Crippen LogP contribution in [0.5, 0.6) is 0 Å². The van der Waals surface area contributed by atoms with Crippen molar-refractivity contribution in [2.45, 2.75) is 17.7 Å². The summed E-state index contributed by atoms with van der Waals surface area (Å²) in [5.41, 5.74) is 1.15. The summed E-state index contributed by atoms with van der Waals surface area (Å²) in [4.78, 5) is 12.8. The second-order valence-electron chi connectivity index (χ2n) is 2.07. The van der Waals surface area contributed by atoms with Crippen LogP contribution in [0.3, 0.4) is 0 Å². The maximum absolute atomic E-state index is 10.7. The Morgan fingerprint density at radius 3 is 2.56 bits per heavy atom. The van der Waals surface area contributed by atoms with Crippen LogP contribution in [-0.4, -0.2) is 10.6 Å². The first-order valence-corrected chi connectivity index (χ1v) is 4.52. The Labute approximate surface area is 70.8 Å². The van der Waals surface area contributed by atoms with E-state index in [9.17, 15) is 4.79 Å². The van der Waals surface area contributed by atoms with E-state index in [4.69, 9.17) is 0 Å². The second-order valence-corrected chi connectivity index (χ2v) is 3.63. The van der Waals surface area contributed by atoms with Crippen LogP contribution in [0.2, 0.25) is 0 Å². The number of rotatable bonds is 0. The zero-order valence-corrected chi connectivity index (χ0v) is 7.91. The molecule has 0 bridgehead atoms. The maximum atomic E-state index is 10.7. The Kier molecular flexibility index (Phi) is 2.47. The highest BCUT2D eigenvalue weighted by atomic mass is 79.9. The molecular formula is C6H6Br2O. The summed E-state index contributed by atoms with van der Waals surface area (Å²) >= 11 is 6.59.